The normalized spacial score (nSPS) is 23.5. The molecule has 0 aromatic carbocycles. The van der Waals surface area contributed by atoms with Gasteiger partial charge in [-0.25, -0.2) is 0 Å². The predicted octanol–water partition coefficient (Wildman–Crippen LogP) is 1.64. The molecule has 0 aromatic heterocycles. The molecular weight excluding hydrogens is 136 g/mol. The molecule has 2 nitrogen and oxygen atoms in total. The van der Waals surface area contributed by atoms with Gasteiger partial charge in [0.05, 0.1) is 11.4 Å². The Morgan fingerprint density at radius 2 is 1.82 bits per heavy atom. The summed E-state index contributed by atoms with van der Waals surface area (Å²) in [6.07, 6.45) is 7.89. The van der Waals surface area contributed by atoms with Crippen LogP contribution in [-0.4, -0.2) is 25.0 Å². The molecule has 0 aromatic rings. The van der Waals surface area contributed by atoms with Crippen LogP contribution in [-0.2, 0) is 0 Å². The molecule has 0 radical (unpaired) electrons. The second-order valence-electron chi connectivity index (χ2n) is 2.19. The van der Waals surface area contributed by atoms with Crippen LogP contribution in [0.25, 0.3) is 0 Å². The van der Waals surface area contributed by atoms with Crippen molar-refractivity contribution in [2.75, 3.05) is 13.6 Å². The van der Waals surface area contributed by atoms with Crippen molar-refractivity contribution in [1.82, 2.24) is 0 Å². The highest BCUT2D eigenvalue weighted by Gasteiger charge is 2.02. The van der Waals surface area contributed by atoms with Gasteiger partial charge in [-0.3, -0.25) is 9.98 Å². The topological polar surface area (TPSA) is 24.7 Å². The van der Waals surface area contributed by atoms with Gasteiger partial charge in [0.15, 0.2) is 0 Å². The molecule has 0 N–H and O–H groups in total. The van der Waals surface area contributed by atoms with Crippen molar-refractivity contribution in [3.05, 3.63) is 24.3 Å². The number of aliphatic imine (C=N–C) groups is 2. The molecule has 0 unspecified atom stereocenters. The molecule has 1 rings (SSSR count). The minimum atomic E-state index is 0.812. The highest BCUT2D eigenvalue weighted by molar-refractivity contribution is 6.51. The van der Waals surface area contributed by atoms with Crippen LogP contribution in [0.4, 0.5) is 0 Å². The molecule has 58 valence electrons. The first-order chi connectivity index (χ1) is 5.38. The van der Waals surface area contributed by atoms with Crippen molar-refractivity contribution in [3.63, 3.8) is 0 Å². The van der Waals surface area contributed by atoms with Crippen molar-refractivity contribution in [2.24, 2.45) is 9.98 Å². The predicted molar refractivity (Wildman–Crippen MR) is 49.6 cm³/mol. The number of rotatable bonds is 1. The molecule has 0 heterocycles. The van der Waals surface area contributed by atoms with Crippen molar-refractivity contribution in [3.8, 4) is 0 Å². The summed E-state index contributed by atoms with van der Waals surface area (Å²) >= 11 is 0. The van der Waals surface area contributed by atoms with E-state index in [0.29, 0.717) is 0 Å². The summed E-state index contributed by atoms with van der Waals surface area (Å²) in [5.74, 6) is 0. The lowest BCUT2D eigenvalue weighted by Crippen LogP contribution is -2.11. The summed E-state index contributed by atoms with van der Waals surface area (Å²) in [6, 6.07) is 0. The standard InChI is InChI=1S/C9H12N2/c1-3-11-9-7-5-4-6-8(9)10-2/h4-7H,3H2,1-2H3/b10-8-,11-9-. The molecule has 11 heavy (non-hydrogen) atoms. The number of hydrogen-bond acceptors (Lipinski definition) is 2. The Kier molecular flexibility index (Phi) is 2.78. The zero-order valence-corrected chi connectivity index (χ0v) is 6.91. The first-order valence-electron chi connectivity index (χ1n) is 3.75. The van der Waals surface area contributed by atoms with Gasteiger partial charge < -0.3 is 0 Å². The first-order valence-corrected chi connectivity index (χ1v) is 3.75. The SMILES string of the molecule is CC/N=C1/C=CC=C/C1=N/C. The molecule has 0 aliphatic heterocycles. The second kappa shape index (κ2) is 3.86. The average molecular weight is 148 g/mol. The van der Waals surface area contributed by atoms with E-state index in [1.165, 1.54) is 0 Å². The zero-order chi connectivity index (χ0) is 8.10. The monoisotopic (exact) mass is 148 g/mol. The van der Waals surface area contributed by atoms with Gasteiger partial charge in [-0.05, 0) is 19.1 Å². The van der Waals surface area contributed by atoms with Crippen LogP contribution in [0.3, 0.4) is 0 Å². The Labute approximate surface area is 67.1 Å². The van der Waals surface area contributed by atoms with Gasteiger partial charge in [0, 0.05) is 13.6 Å². The van der Waals surface area contributed by atoms with Gasteiger partial charge >= 0.3 is 0 Å². The minimum Gasteiger partial charge on any atom is -0.286 e. The maximum absolute atomic E-state index is 4.28. The van der Waals surface area contributed by atoms with Gasteiger partial charge in [0.25, 0.3) is 0 Å². The van der Waals surface area contributed by atoms with Crippen molar-refractivity contribution >= 4 is 11.4 Å². The van der Waals surface area contributed by atoms with E-state index in [9.17, 15) is 0 Å². The van der Waals surface area contributed by atoms with Gasteiger partial charge in [-0.1, -0.05) is 12.2 Å². The summed E-state index contributed by atoms with van der Waals surface area (Å²) in [5.41, 5.74) is 1.95. The Balaban J connectivity index is 2.88. The van der Waals surface area contributed by atoms with Crippen molar-refractivity contribution in [2.45, 2.75) is 6.92 Å². The maximum atomic E-state index is 4.28. The minimum absolute atomic E-state index is 0.812. The van der Waals surface area contributed by atoms with Crippen LogP contribution in [0, 0.1) is 0 Å². The van der Waals surface area contributed by atoms with Gasteiger partial charge in [0.1, 0.15) is 0 Å². The summed E-state index contributed by atoms with van der Waals surface area (Å²) in [6.45, 7) is 2.83. The Morgan fingerprint density at radius 3 is 2.36 bits per heavy atom. The fourth-order valence-electron chi connectivity index (χ4n) is 0.957. The van der Waals surface area contributed by atoms with E-state index >= 15 is 0 Å². The quantitative estimate of drug-likeness (QED) is 0.505. The van der Waals surface area contributed by atoms with Gasteiger partial charge in [0.2, 0.25) is 0 Å². The molecular formula is C9H12N2. The van der Waals surface area contributed by atoms with Crippen LogP contribution >= 0.6 is 0 Å². The molecule has 0 fully saturated rings. The summed E-state index contributed by atoms with van der Waals surface area (Å²) in [4.78, 5) is 8.38. The molecule has 0 bridgehead atoms. The van der Waals surface area contributed by atoms with E-state index < -0.39 is 0 Å². The zero-order valence-electron chi connectivity index (χ0n) is 6.91. The summed E-state index contributed by atoms with van der Waals surface area (Å²) < 4.78 is 0. The largest absolute Gasteiger partial charge is 0.286 e. The van der Waals surface area contributed by atoms with E-state index in [2.05, 4.69) is 9.98 Å². The Hall–Kier alpha value is -1.18. The average Bonchev–Trinajstić information content (AvgIpc) is 2.06. The van der Waals surface area contributed by atoms with Crippen molar-refractivity contribution < 1.29 is 0 Å². The van der Waals surface area contributed by atoms with Crippen LogP contribution in [0.2, 0.25) is 0 Å². The lowest BCUT2D eigenvalue weighted by Gasteiger charge is -2.02. The third kappa shape index (κ3) is 1.87. The molecule has 0 saturated heterocycles. The lowest BCUT2D eigenvalue weighted by atomic mass is 10.1. The van der Waals surface area contributed by atoms with E-state index in [-0.39, 0.29) is 0 Å². The van der Waals surface area contributed by atoms with Crippen LogP contribution in [0.15, 0.2) is 34.3 Å². The van der Waals surface area contributed by atoms with Gasteiger partial charge in [-0.2, -0.15) is 0 Å². The third-order valence-electron chi connectivity index (χ3n) is 1.45. The van der Waals surface area contributed by atoms with Crippen LogP contribution < -0.4 is 0 Å². The summed E-state index contributed by atoms with van der Waals surface area (Å²) in [7, 11) is 1.78. The Bertz CT molecular complexity index is 244. The number of allylic oxidation sites excluding steroid dienone is 4. The molecule has 0 atom stereocenters. The fraction of sp³-hybridized carbons (Fsp3) is 0.333. The second-order valence-corrected chi connectivity index (χ2v) is 2.19. The fourth-order valence-corrected chi connectivity index (χ4v) is 0.957. The van der Waals surface area contributed by atoms with Gasteiger partial charge in [-0.15, -0.1) is 0 Å². The summed E-state index contributed by atoms with van der Waals surface area (Å²) in [5, 5.41) is 0. The van der Waals surface area contributed by atoms with Crippen LogP contribution in [0.1, 0.15) is 6.92 Å². The maximum Gasteiger partial charge on any atom is 0.0826 e. The molecule has 1 aliphatic rings. The van der Waals surface area contributed by atoms with E-state index in [0.717, 1.165) is 18.0 Å². The highest BCUT2D eigenvalue weighted by atomic mass is 14.8. The van der Waals surface area contributed by atoms with Crippen molar-refractivity contribution in [1.29, 1.82) is 0 Å². The number of hydrogen-bond donors (Lipinski definition) is 0. The van der Waals surface area contributed by atoms with E-state index in [1.54, 1.807) is 7.05 Å². The lowest BCUT2D eigenvalue weighted by molar-refractivity contribution is 1.14. The van der Waals surface area contributed by atoms with Crippen LogP contribution in [0.5, 0.6) is 0 Å². The number of nitrogens with zero attached hydrogens (tertiary/aromatic N) is 2. The van der Waals surface area contributed by atoms with E-state index in [4.69, 9.17) is 0 Å². The highest BCUT2D eigenvalue weighted by Crippen LogP contribution is 1.97. The Morgan fingerprint density at radius 1 is 1.18 bits per heavy atom. The molecule has 0 spiro atoms. The smallest absolute Gasteiger partial charge is 0.0826 e. The molecule has 0 amide bonds. The first kappa shape index (κ1) is 7.92. The molecule has 0 saturated carbocycles. The third-order valence-corrected chi connectivity index (χ3v) is 1.45. The molecule has 1 aliphatic carbocycles. The van der Waals surface area contributed by atoms with E-state index in [1.807, 2.05) is 31.2 Å². The molecule has 2 heteroatoms.